The minimum absolute atomic E-state index is 0.118. The number of nitrogens with zero attached hydrogens (tertiary/aromatic N) is 1. The molecule has 1 aliphatic rings. The molecule has 1 aromatic carbocycles. The predicted octanol–water partition coefficient (Wildman–Crippen LogP) is 2.91. The summed E-state index contributed by atoms with van der Waals surface area (Å²) in [5.41, 5.74) is 2.37. The predicted molar refractivity (Wildman–Crippen MR) is 107 cm³/mol. The van der Waals surface area contributed by atoms with Gasteiger partial charge in [0.1, 0.15) is 4.90 Å². The van der Waals surface area contributed by atoms with Crippen molar-refractivity contribution >= 4 is 26.9 Å². The van der Waals surface area contributed by atoms with Gasteiger partial charge in [-0.2, -0.15) is 0 Å². The van der Waals surface area contributed by atoms with Crippen molar-refractivity contribution < 1.29 is 22.4 Å². The fourth-order valence-corrected chi connectivity index (χ4v) is 5.16. The summed E-state index contributed by atoms with van der Waals surface area (Å²) in [4.78, 5) is 14.8. The summed E-state index contributed by atoms with van der Waals surface area (Å²) in [5, 5.41) is 0.657. The molecule has 1 amide bonds. The molecule has 154 valence electrons. The number of amides is 1. The van der Waals surface area contributed by atoms with E-state index in [4.69, 9.17) is 9.15 Å². The van der Waals surface area contributed by atoms with Crippen LogP contribution in [0, 0.1) is 20.8 Å². The second-order valence-electron chi connectivity index (χ2n) is 7.42. The number of furan rings is 1. The van der Waals surface area contributed by atoms with Crippen molar-refractivity contribution in [3.63, 3.8) is 0 Å². The molecule has 2 heterocycles. The highest BCUT2D eigenvalue weighted by Gasteiger charge is 2.30. The number of hydrogen-bond acceptors (Lipinski definition) is 5. The van der Waals surface area contributed by atoms with Crippen LogP contribution in [0.1, 0.15) is 47.5 Å². The highest BCUT2D eigenvalue weighted by Crippen LogP contribution is 2.35. The third-order valence-corrected chi connectivity index (χ3v) is 7.16. The molecule has 1 aliphatic heterocycles. The van der Waals surface area contributed by atoms with Gasteiger partial charge in [-0.05, 0) is 51.3 Å². The van der Waals surface area contributed by atoms with Gasteiger partial charge in [0, 0.05) is 30.1 Å². The van der Waals surface area contributed by atoms with Crippen molar-refractivity contribution in [3.05, 3.63) is 28.5 Å². The van der Waals surface area contributed by atoms with Crippen molar-refractivity contribution in [2.24, 2.45) is 0 Å². The molecule has 28 heavy (non-hydrogen) atoms. The lowest BCUT2D eigenvalue weighted by Crippen LogP contribution is -2.40. The standard InChI is InChI=1S/C20H28N2O5S/c1-6-13(3)21-28(24,25)19-14(4)12(2)11-16-15(5)17(27-18(16)19)20(23)22-7-9-26-10-8-22/h11,13,21H,6-10H2,1-5H3. The molecule has 2 aromatic rings. The van der Waals surface area contributed by atoms with Crippen molar-refractivity contribution in [1.82, 2.24) is 9.62 Å². The molecule has 1 atom stereocenters. The first kappa shape index (κ1) is 20.8. The van der Waals surface area contributed by atoms with Gasteiger partial charge >= 0.3 is 0 Å². The number of fused-ring (bicyclic) bond motifs is 1. The topological polar surface area (TPSA) is 88.9 Å². The number of benzene rings is 1. The van der Waals surface area contributed by atoms with Crippen LogP contribution in [0.4, 0.5) is 0 Å². The van der Waals surface area contributed by atoms with E-state index in [0.29, 0.717) is 49.2 Å². The van der Waals surface area contributed by atoms with Crippen LogP contribution < -0.4 is 4.72 Å². The van der Waals surface area contributed by atoms with Gasteiger partial charge in [-0.15, -0.1) is 0 Å². The molecule has 1 unspecified atom stereocenters. The lowest BCUT2D eigenvalue weighted by atomic mass is 10.0. The van der Waals surface area contributed by atoms with E-state index in [0.717, 1.165) is 5.56 Å². The maximum absolute atomic E-state index is 13.1. The van der Waals surface area contributed by atoms with Gasteiger partial charge in [0.25, 0.3) is 5.91 Å². The van der Waals surface area contributed by atoms with Crippen LogP contribution in [0.2, 0.25) is 0 Å². The van der Waals surface area contributed by atoms with E-state index in [1.54, 1.807) is 18.7 Å². The molecule has 0 saturated carbocycles. The van der Waals surface area contributed by atoms with E-state index in [1.165, 1.54) is 0 Å². The van der Waals surface area contributed by atoms with Gasteiger partial charge in [0.2, 0.25) is 10.0 Å². The summed E-state index contributed by atoms with van der Waals surface area (Å²) < 4.78 is 40.1. The first-order chi connectivity index (χ1) is 13.2. The van der Waals surface area contributed by atoms with Gasteiger partial charge < -0.3 is 14.1 Å². The molecule has 0 bridgehead atoms. The van der Waals surface area contributed by atoms with Crippen LogP contribution in [0.15, 0.2) is 15.4 Å². The minimum Gasteiger partial charge on any atom is -0.449 e. The fourth-order valence-electron chi connectivity index (χ4n) is 3.39. The highest BCUT2D eigenvalue weighted by atomic mass is 32.2. The molecule has 1 N–H and O–H groups in total. The maximum Gasteiger partial charge on any atom is 0.290 e. The molecular weight excluding hydrogens is 380 g/mol. The molecule has 3 rings (SSSR count). The number of carbonyl (C=O) groups excluding carboxylic acids is 1. The molecule has 1 aromatic heterocycles. The van der Waals surface area contributed by atoms with Gasteiger partial charge in [-0.1, -0.05) is 6.92 Å². The van der Waals surface area contributed by atoms with Crippen molar-refractivity contribution in [2.75, 3.05) is 26.3 Å². The largest absolute Gasteiger partial charge is 0.449 e. The summed E-state index contributed by atoms with van der Waals surface area (Å²) in [6, 6.07) is 1.69. The Labute approximate surface area is 166 Å². The van der Waals surface area contributed by atoms with Crippen LogP contribution in [-0.2, 0) is 14.8 Å². The molecule has 0 radical (unpaired) electrons. The van der Waals surface area contributed by atoms with Gasteiger partial charge in [0.05, 0.1) is 13.2 Å². The molecule has 8 heteroatoms. The zero-order chi connectivity index (χ0) is 20.6. The lowest BCUT2D eigenvalue weighted by Gasteiger charge is -2.26. The number of ether oxygens (including phenoxy) is 1. The smallest absolute Gasteiger partial charge is 0.290 e. The van der Waals surface area contributed by atoms with Crippen LogP contribution in [-0.4, -0.2) is 51.6 Å². The Morgan fingerprint density at radius 1 is 1.21 bits per heavy atom. The Bertz CT molecular complexity index is 1000. The summed E-state index contributed by atoms with van der Waals surface area (Å²) in [6.07, 6.45) is 0.672. The number of carbonyl (C=O) groups is 1. The number of hydrogen-bond donors (Lipinski definition) is 1. The normalized spacial score (nSPS) is 16.5. The molecular formula is C20H28N2O5S. The van der Waals surface area contributed by atoms with E-state index < -0.39 is 10.0 Å². The second-order valence-corrected chi connectivity index (χ2v) is 9.07. The summed E-state index contributed by atoms with van der Waals surface area (Å²) in [7, 11) is -3.79. The Morgan fingerprint density at radius 3 is 2.46 bits per heavy atom. The quantitative estimate of drug-likeness (QED) is 0.822. The fraction of sp³-hybridized carbons (Fsp3) is 0.550. The average Bonchev–Trinajstić information content (AvgIpc) is 2.98. The third kappa shape index (κ3) is 3.68. The molecule has 7 nitrogen and oxygen atoms in total. The van der Waals surface area contributed by atoms with Crippen LogP contribution >= 0.6 is 0 Å². The van der Waals surface area contributed by atoms with Crippen molar-refractivity contribution in [2.45, 2.75) is 52.0 Å². The Balaban J connectivity index is 2.17. The molecule has 0 aliphatic carbocycles. The number of morpholine rings is 1. The van der Waals surface area contributed by atoms with E-state index >= 15 is 0 Å². The second kappa shape index (κ2) is 7.85. The van der Waals surface area contributed by atoms with Gasteiger partial charge in [-0.25, -0.2) is 13.1 Å². The Hall–Kier alpha value is -1.90. The monoisotopic (exact) mass is 408 g/mol. The van der Waals surface area contributed by atoms with Crippen molar-refractivity contribution in [1.29, 1.82) is 0 Å². The van der Waals surface area contributed by atoms with E-state index in [2.05, 4.69) is 4.72 Å². The minimum atomic E-state index is -3.79. The highest BCUT2D eigenvalue weighted by molar-refractivity contribution is 7.89. The molecule has 0 spiro atoms. The van der Waals surface area contributed by atoms with Crippen LogP contribution in [0.5, 0.6) is 0 Å². The Kier molecular flexibility index (Phi) is 5.84. The third-order valence-electron chi connectivity index (χ3n) is 5.42. The van der Waals surface area contributed by atoms with Crippen molar-refractivity contribution in [3.8, 4) is 0 Å². The number of nitrogens with one attached hydrogen (secondary N) is 1. The summed E-state index contributed by atoms with van der Waals surface area (Å²) in [5.74, 6) is -0.0348. The van der Waals surface area contributed by atoms with E-state index in [-0.39, 0.29) is 28.2 Å². The summed E-state index contributed by atoms with van der Waals surface area (Å²) >= 11 is 0. The maximum atomic E-state index is 13.1. The number of rotatable bonds is 5. The first-order valence-corrected chi connectivity index (χ1v) is 11.1. The van der Waals surface area contributed by atoms with Crippen LogP contribution in [0.3, 0.4) is 0 Å². The van der Waals surface area contributed by atoms with Crippen LogP contribution in [0.25, 0.3) is 11.0 Å². The SMILES string of the molecule is CCC(C)NS(=O)(=O)c1c(C)c(C)cc2c(C)c(C(=O)N3CCOCC3)oc12. The molecule has 1 saturated heterocycles. The van der Waals surface area contributed by atoms with E-state index in [9.17, 15) is 13.2 Å². The van der Waals surface area contributed by atoms with Gasteiger partial charge in [-0.3, -0.25) is 4.79 Å². The molecule has 1 fully saturated rings. The zero-order valence-corrected chi connectivity index (χ0v) is 17.9. The lowest BCUT2D eigenvalue weighted by molar-refractivity contribution is 0.0283. The van der Waals surface area contributed by atoms with Gasteiger partial charge in [0.15, 0.2) is 11.3 Å². The Morgan fingerprint density at radius 2 is 1.86 bits per heavy atom. The zero-order valence-electron chi connectivity index (χ0n) is 17.1. The van der Waals surface area contributed by atoms with E-state index in [1.807, 2.05) is 26.8 Å². The number of aryl methyl sites for hydroxylation is 2. The number of sulfonamides is 1. The summed E-state index contributed by atoms with van der Waals surface area (Å²) in [6.45, 7) is 11.1. The average molecular weight is 409 g/mol. The first-order valence-electron chi connectivity index (χ1n) is 9.60.